The number of nitrogens with one attached hydrogen (secondary N) is 1. The Morgan fingerprint density at radius 1 is 1.19 bits per heavy atom. The largest absolute Gasteiger partial charge is 0.383 e. The molecule has 1 unspecified atom stereocenters. The van der Waals surface area contributed by atoms with Gasteiger partial charge >= 0.3 is 0 Å². The molecule has 1 aromatic carbocycles. The number of hydrogen-bond acceptors (Lipinski definition) is 3. The highest BCUT2D eigenvalue weighted by Crippen LogP contribution is 2.18. The zero-order valence-electron chi connectivity index (χ0n) is 13.6. The van der Waals surface area contributed by atoms with Crippen molar-refractivity contribution in [2.75, 3.05) is 39.9 Å². The van der Waals surface area contributed by atoms with E-state index in [0.29, 0.717) is 0 Å². The van der Waals surface area contributed by atoms with Crippen LogP contribution in [0.15, 0.2) is 24.3 Å². The number of halogens is 1. The molecule has 0 aliphatic heterocycles. The summed E-state index contributed by atoms with van der Waals surface area (Å²) in [7, 11) is 1.73. The zero-order valence-corrected chi connectivity index (χ0v) is 13.6. The van der Waals surface area contributed by atoms with Crippen molar-refractivity contribution in [1.29, 1.82) is 0 Å². The number of nitrogens with zero attached hydrogens (tertiary/aromatic N) is 1. The van der Waals surface area contributed by atoms with Crippen LogP contribution < -0.4 is 5.32 Å². The molecule has 0 aliphatic carbocycles. The van der Waals surface area contributed by atoms with Gasteiger partial charge in [-0.25, -0.2) is 4.39 Å². The van der Waals surface area contributed by atoms with Crippen molar-refractivity contribution in [2.45, 2.75) is 32.7 Å². The van der Waals surface area contributed by atoms with Gasteiger partial charge in [0.25, 0.3) is 0 Å². The van der Waals surface area contributed by atoms with Crippen LogP contribution in [0.2, 0.25) is 0 Å². The highest BCUT2D eigenvalue weighted by Gasteiger charge is 2.12. The second kappa shape index (κ2) is 10.7. The van der Waals surface area contributed by atoms with Crippen LogP contribution in [-0.2, 0) is 4.74 Å². The Balaban J connectivity index is 2.58. The second-order valence-electron chi connectivity index (χ2n) is 5.27. The number of benzene rings is 1. The lowest BCUT2D eigenvalue weighted by atomic mass is 10.0. The van der Waals surface area contributed by atoms with E-state index in [0.717, 1.165) is 51.2 Å². The molecule has 0 aromatic heterocycles. The first-order valence-corrected chi connectivity index (χ1v) is 7.91. The normalized spacial score (nSPS) is 12.8. The molecule has 0 amide bonds. The Labute approximate surface area is 128 Å². The third-order valence-electron chi connectivity index (χ3n) is 3.71. The highest BCUT2D eigenvalue weighted by atomic mass is 19.1. The Morgan fingerprint density at radius 2 is 1.90 bits per heavy atom. The first-order valence-electron chi connectivity index (χ1n) is 7.91. The van der Waals surface area contributed by atoms with Crippen molar-refractivity contribution in [2.24, 2.45) is 0 Å². The van der Waals surface area contributed by atoms with E-state index in [1.54, 1.807) is 19.2 Å². The maximum absolute atomic E-state index is 13.1. The lowest BCUT2D eigenvalue weighted by Crippen LogP contribution is -2.32. The maximum atomic E-state index is 13.1. The van der Waals surface area contributed by atoms with Gasteiger partial charge in [0.15, 0.2) is 0 Å². The van der Waals surface area contributed by atoms with Crippen LogP contribution in [0.5, 0.6) is 0 Å². The average molecular weight is 296 g/mol. The van der Waals surface area contributed by atoms with Crippen LogP contribution in [0.3, 0.4) is 0 Å². The molecule has 0 heterocycles. The summed E-state index contributed by atoms with van der Waals surface area (Å²) in [6, 6.07) is 7.13. The summed E-state index contributed by atoms with van der Waals surface area (Å²) in [5.74, 6) is -0.178. The summed E-state index contributed by atoms with van der Waals surface area (Å²) in [4.78, 5) is 2.38. The van der Waals surface area contributed by atoms with Gasteiger partial charge < -0.3 is 15.0 Å². The van der Waals surface area contributed by atoms with E-state index in [1.165, 1.54) is 0 Å². The number of methoxy groups -OCH3 is 1. The third kappa shape index (κ3) is 7.02. The Kier molecular flexibility index (Phi) is 9.22. The highest BCUT2D eigenvalue weighted by molar-refractivity contribution is 5.19. The van der Waals surface area contributed by atoms with Crippen molar-refractivity contribution >= 4 is 0 Å². The summed E-state index contributed by atoms with van der Waals surface area (Å²) in [6.07, 6.45) is 2.11. The monoisotopic (exact) mass is 296 g/mol. The molecular weight excluding hydrogens is 267 g/mol. The van der Waals surface area contributed by atoms with E-state index in [1.807, 2.05) is 12.1 Å². The van der Waals surface area contributed by atoms with Gasteiger partial charge in [-0.1, -0.05) is 26.0 Å². The SMILES string of the molecule is CCCNC(CCN(CC)CCOC)c1ccc(F)cc1. The number of likely N-dealkylation sites (N-methyl/N-ethyl adjacent to an activating group) is 1. The third-order valence-corrected chi connectivity index (χ3v) is 3.71. The van der Waals surface area contributed by atoms with Crippen molar-refractivity contribution < 1.29 is 9.13 Å². The standard InChI is InChI=1S/C17H29FN2O/c1-4-11-19-17(15-6-8-16(18)9-7-15)10-12-20(5-2)13-14-21-3/h6-9,17,19H,4-5,10-14H2,1-3H3. The molecule has 21 heavy (non-hydrogen) atoms. The quantitative estimate of drug-likeness (QED) is 0.678. The Hall–Kier alpha value is -0.970. The predicted molar refractivity (Wildman–Crippen MR) is 86.0 cm³/mol. The first kappa shape index (κ1) is 18.1. The molecule has 1 atom stereocenters. The molecule has 1 aromatic rings. The van der Waals surface area contributed by atoms with Crippen LogP contribution in [0.25, 0.3) is 0 Å². The molecule has 0 fully saturated rings. The van der Waals surface area contributed by atoms with Gasteiger partial charge in [0.2, 0.25) is 0 Å². The summed E-state index contributed by atoms with van der Waals surface area (Å²) in [5, 5.41) is 3.56. The topological polar surface area (TPSA) is 24.5 Å². The molecule has 0 radical (unpaired) electrons. The molecule has 120 valence electrons. The van der Waals surface area contributed by atoms with Crippen LogP contribution in [-0.4, -0.2) is 44.8 Å². The maximum Gasteiger partial charge on any atom is 0.123 e. The second-order valence-corrected chi connectivity index (χ2v) is 5.27. The van der Waals surface area contributed by atoms with Gasteiger partial charge in [0.1, 0.15) is 5.82 Å². The fraction of sp³-hybridized carbons (Fsp3) is 0.647. The van der Waals surface area contributed by atoms with Crippen molar-refractivity contribution in [3.05, 3.63) is 35.6 Å². The summed E-state index contributed by atoms with van der Waals surface area (Å²) >= 11 is 0. The molecule has 3 nitrogen and oxygen atoms in total. The lowest BCUT2D eigenvalue weighted by Gasteiger charge is -2.25. The molecular formula is C17H29FN2O. The summed E-state index contributed by atoms with van der Waals surface area (Å²) in [5.41, 5.74) is 1.16. The number of ether oxygens (including phenoxy) is 1. The summed E-state index contributed by atoms with van der Waals surface area (Å²) in [6.45, 7) is 9.06. The van der Waals surface area contributed by atoms with E-state index >= 15 is 0 Å². The molecule has 0 spiro atoms. The van der Waals surface area contributed by atoms with Gasteiger partial charge in [0.05, 0.1) is 6.61 Å². The number of rotatable bonds is 11. The molecule has 1 N–H and O–H groups in total. The van der Waals surface area contributed by atoms with Crippen molar-refractivity contribution in [3.8, 4) is 0 Å². The molecule has 0 bridgehead atoms. The fourth-order valence-electron chi connectivity index (χ4n) is 2.36. The van der Waals surface area contributed by atoms with E-state index in [9.17, 15) is 4.39 Å². The van der Waals surface area contributed by atoms with Gasteiger partial charge in [-0.15, -0.1) is 0 Å². The van der Waals surface area contributed by atoms with Gasteiger partial charge in [0, 0.05) is 26.2 Å². The van der Waals surface area contributed by atoms with Gasteiger partial charge in [-0.05, 0) is 43.6 Å². The van der Waals surface area contributed by atoms with E-state index in [4.69, 9.17) is 4.74 Å². The molecule has 0 saturated carbocycles. The minimum atomic E-state index is -0.178. The van der Waals surface area contributed by atoms with E-state index in [2.05, 4.69) is 24.1 Å². The van der Waals surface area contributed by atoms with Crippen molar-refractivity contribution in [1.82, 2.24) is 10.2 Å². The molecule has 1 rings (SSSR count). The van der Waals surface area contributed by atoms with E-state index in [-0.39, 0.29) is 11.9 Å². The van der Waals surface area contributed by atoms with Crippen molar-refractivity contribution in [3.63, 3.8) is 0 Å². The fourth-order valence-corrected chi connectivity index (χ4v) is 2.36. The number of hydrogen-bond donors (Lipinski definition) is 1. The Morgan fingerprint density at radius 3 is 2.48 bits per heavy atom. The molecule has 4 heteroatoms. The van der Waals surface area contributed by atoms with Gasteiger partial charge in [-0.3, -0.25) is 0 Å². The molecule has 0 aliphatic rings. The average Bonchev–Trinajstić information content (AvgIpc) is 2.51. The first-order chi connectivity index (χ1) is 10.2. The summed E-state index contributed by atoms with van der Waals surface area (Å²) < 4.78 is 18.2. The van der Waals surface area contributed by atoms with Gasteiger partial charge in [-0.2, -0.15) is 0 Å². The predicted octanol–water partition coefficient (Wildman–Crippen LogP) is 3.22. The zero-order chi connectivity index (χ0) is 15.5. The van der Waals surface area contributed by atoms with Crippen LogP contribution >= 0.6 is 0 Å². The lowest BCUT2D eigenvalue weighted by molar-refractivity contribution is 0.148. The minimum absolute atomic E-state index is 0.178. The Bertz CT molecular complexity index is 370. The van der Waals surface area contributed by atoms with Crippen LogP contribution in [0.4, 0.5) is 4.39 Å². The molecule has 0 saturated heterocycles. The smallest absolute Gasteiger partial charge is 0.123 e. The van der Waals surface area contributed by atoms with Crippen LogP contribution in [0, 0.1) is 5.82 Å². The van der Waals surface area contributed by atoms with Crippen LogP contribution in [0.1, 0.15) is 38.3 Å². The minimum Gasteiger partial charge on any atom is -0.383 e. The van der Waals surface area contributed by atoms with E-state index < -0.39 is 0 Å².